The third-order valence-electron chi connectivity index (χ3n) is 6.82. The fourth-order valence-corrected chi connectivity index (χ4v) is 6.01. The summed E-state index contributed by atoms with van der Waals surface area (Å²) in [7, 11) is 0. The van der Waals surface area contributed by atoms with E-state index >= 15 is 0 Å². The fraction of sp³-hybridized carbons (Fsp3) is 0.480. The number of thiophene rings is 1. The van der Waals surface area contributed by atoms with Crippen LogP contribution in [0.25, 0.3) is 10.2 Å². The largest absolute Gasteiger partial charge is 0.369 e. The molecule has 0 unspecified atom stereocenters. The van der Waals surface area contributed by atoms with Crippen LogP contribution in [0.5, 0.6) is 0 Å². The number of nitrogens with one attached hydrogen (secondary N) is 1. The molecule has 2 aromatic heterocycles. The van der Waals surface area contributed by atoms with Gasteiger partial charge in [0.25, 0.3) is 11.5 Å². The molecule has 0 radical (unpaired) electrons. The molecule has 0 aliphatic carbocycles. The SMILES string of the molecule is Cc1c(C(=O)NCCN2CCN(c3ccccc3)CC2)sc2nc3n(c(=O)c12)CCCCC3. The Balaban J connectivity index is 1.20. The van der Waals surface area contributed by atoms with Gasteiger partial charge in [0.1, 0.15) is 10.7 Å². The van der Waals surface area contributed by atoms with Crippen molar-refractivity contribution in [2.75, 3.05) is 44.2 Å². The summed E-state index contributed by atoms with van der Waals surface area (Å²) in [5, 5.41) is 3.69. The number of carbonyl (C=O) groups is 1. The standard InChI is InChI=1S/C25H31N5O2S/c1-18-21-24(27-20-10-6-3-7-12-30(20)25(21)32)33-22(18)23(31)26-11-13-28-14-16-29(17-15-28)19-8-4-2-5-9-19/h2,4-5,8-9H,3,6-7,10-17H2,1H3,(H,26,31). The molecule has 3 aromatic rings. The average Bonchev–Trinajstić information content (AvgIpc) is 3.00. The number of benzene rings is 1. The Morgan fingerprint density at radius 1 is 1.06 bits per heavy atom. The Labute approximate surface area is 198 Å². The molecule has 1 N–H and O–H groups in total. The Bertz CT molecular complexity index is 1190. The first-order valence-electron chi connectivity index (χ1n) is 11.9. The molecular weight excluding hydrogens is 434 g/mol. The van der Waals surface area contributed by atoms with Gasteiger partial charge in [-0.05, 0) is 37.5 Å². The van der Waals surface area contributed by atoms with E-state index in [9.17, 15) is 9.59 Å². The van der Waals surface area contributed by atoms with Crippen molar-refractivity contribution in [3.63, 3.8) is 0 Å². The van der Waals surface area contributed by atoms with E-state index in [1.165, 1.54) is 17.0 Å². The minimum atomic E-state index is -0.0991. The molecule has 8 heteroatoms. The molecular formula is C25H31N5O2S. The zero-order valence-corrected chi connectivity index (χ0v) is 20.0. The first-order chi connectivity index (χ1) is 16.1. The number of carbonyl (C=O) groups excluding carboxylic acids is 1. The third kappa shape index (κ3) is 4.54. The Hall–Kier alpha value is -2.71. The van der Waals surface area contributed by atoms with Crippen LogP contribution >= 0.6 is 11.3 Å². The van der Waals surface area contributed by atoms with Gasteiger partial charge in [-0.25, -0.2) is 4.98 Å². The lowest BCUT2D eigenvalue weighted by atomic mass is 10.2. The molecule has 0 saturated carbocycles. The van der Waals surface area contributed by atoms with E-state index in [1.807, 2.05) is 17.6 Å². The van der Waals surface area contributed by atoms with Gasteiger partial charge < -0.3 is 10.2 Å². The number of piperazine rings is 1. The molecule has 0 bridgehead atoms. The molecule has 4 heterocycles. The van der Waals surface area contributed by atoms with Crippen molar-refractivity contribution in [2.24, 2.45) is 0 Å². The first kappa shape index (κ1) is 22.1. The minimum absolute atomic E-state index is 0.0148. The quantitative estimate of drug-likeness (QED) is 0.627. The highest BCUT2D eigenvalue weighted by Crippen LogP contribution is 2.28. The minimum Gasteiger partial charge on any atom is -0.369 e. The second-order valence-corrected chi connectivity index (χ2v) is 9.95. The van der Waals surface area contributed by atoms with E-state index in [1.54, 1.807) is 0 Å². The lowest BCUT2D eigenvalue weighted by Crippen LogP contribution is -2.48. The lowest BCUT2D eigenvalue weighted by molar-refractivity contribution is 0.0951. The molecule has 174 valence electrons. The predicted molar refractivity (Wildman–Crippen MR) is 134 cm³/mol. The fourth-order valence-electron chi connectivity index (χ4n) is 4.90. The van der Waals surface area contributed by atoms with Gasteiger partial charge in [0.15, 0.2) is 0 Å². The number of amides is 1. The average molecular weight is 466 g/mol. The Kier molecular flexibility index (Phi) is 6.46. The summed E-state index contributed by atoms with van der Waals surface area (Å²) in [6, 6.07) is 10.5. The summed E-state index contributed by atoms with van der Waals surface area (Å²) in [5.41, 5.74) is 2.05. The van der Waals surface area contributed by atoms with Crippen LogP contribution in [0.1, 0.15) is 40.3 Å². The molecule has 0 spiro atoms. The number of anilines is 1. The molecule has 2 aliphatic heterocycles. The van der Waals surface area contributed by atoms with E-state index in [0.717, 1.165) is 76.3 Å². The van der Waals surface area contributed by atoms with Crippen molar-refractivity contribution in [1.29, 1.82) is 0 Å². The summed E-state index contributed by atoms with van der Waals surface area (Å²) in [6.45, 7) is 7.99. The number of fused-ring (bicyclic) bond motifs is 2. The molecule has 7 nitrogen and oxygen atoms in total. The zero-order valence-electron chi connectivity index (χ0n) is 19.2. The summed E-state index contributed by atoms with van der Waals surface area (Å²) in [4.78, 5) is 36.9. The van der Waals surface area contributed by atoms with E-state index in [2.05, 4.69) is 39.4 Å². The molecule has 33 heavy (non-hydrogen) atoms. The predicted octanol–water partition coefficient (Wildman–Crippen LogP) is 3.04. The highest BCUT2D eigenvalue weighted by atomic mass is 32.1. The van der Waals surface area contributed by atoms with Crippen molar-refractivity contribution in [1.82, 2.24) is 19.8 Å². The summed E-state index contributed by atoms with van der Waals surface area (Å²) < 4.78 is 1.83. The number of rotatable bonds is 5. The van der Waals surface area contributed by atoms with Crippen molar-refractivity contribution in [2.45, 2.75) is 39.2 Å². The van der Waals surface area contributed by atoms with Gasteiger partial charge in [0.2, 0.25) is 0 Å². The highest BCUT2D eigenvalue weighted by molar-refractivity contribution is 7.20. The zero-order chi connectivity index (χ0) is 22.8. The van der Waals surface area contributed by atoms with Crippen LogP contribution < -0.4 is 15.8 Å². The Morgan fingerprint density at radius 2 is 1.85 bits per heavy atom. The summed E-state index contributed by atoms with van der Waals surface area (Å²) in [6.07, 6.45) is 4.04. The normalized spacial score (nSPS) is 17.1. The van der Waals surface area contributed by atoms with Crippen LogP contribution in [-0.2, 0) is 13.0 Å². The van der Waals surface area contributed by atoms with Gasteiger partial charge in [0, 0.05) is 57.9 Å². The maximum atomic E-state index is 13.1. The lowest BCUT2D eigenvalue weighted by Gasteiger charge is -2.36. The van der Waals surface area contributed by atoms with Crippen LogP contribution in [0.3, 0.4) is 0 Å². The van der Waals surface area contributed by atoms with Crippen molar-refractivity contribution in [3.05, 3.63) is 57.0 Å². The van der Waals surface area contributed by atoms with Gasteiger partial charge >= 0.3 is 0 Å². The van der Waals surface area contributed by atoms with E-state index in [0.29, 0.717) is 21.6 Å². The second kappa shape index (κ2) is 9.65. The van der Waals surface area contributed by atoms with Gasteiger partial charge in [-0.15, -0.1) is 11.3 Å². The molecule has 0 atom stereocenters. The molecule has 1 fully saturated rings. The topological polar surface area (TPSA) is 70.5 Å². The monoisotopic (exact) mass is 465 g/mol. The second-order valence-electron chi connectivity index (χ2n) is 8.95. The van der Waals surface area contributed by atoms with E-state index in [-0.39, 0.29) is 11.5 Å². The molecule has 2 aliphatic rings. The van der Waals surface area contributed by atoms with Gasteiger partial charge in [-0.3, -0.25) is 19.1 Å². The van der Waals surface area contributed by atoms with Crippen LogP contribution in [0.2, 0.25) is 0 Å². The third-order valence-corrected chi connectivity index (χ3v) is 8.01. The highest BCUT2D eigenvalue weighted by Gasteiger charge is 2.22. The smallest absolute Gasteiger partial charge is 0.262 e. The number of aromatic nitrogens is 2. The maximum Gasteiger partial charge on any atom is 0.262 e. The Morgan fingerprint density at radius 3 is 2.64 bits per heavy atom. The summed E-state index contributed by atoms with van der Waals surface area (Å²) >= 11 is 1.35. The van der Waals surface area contributed by atoms with Crippen LogP contribution in [0.4, 0.5) is 5.69 Å². The van der Waals surface area contributed by atoms with Gasteiger partial charge in [-0.2, -0.15) is 0 Å². The van der Waals surface area contributed by atoms with Crippen molar-refractivity contribution in [3.8, 4) is 0 Å². The first-order valence-corrected chi connectivity index (χ1v) is 12.8. The molecule has 1 amide bonds. The molecule has 5 rings (SSSR count). The summed E-state index contributed by atoms with van der Waals surface area (Å²) in [5.74, 6) is 0.769. The van der Waals surface area contributed by atoms with Crippen molar-refractivity contribution >= 4 is 33.1 Å². The maximum absolute atomic E-state index is 13.1. The number of hydrogen-bond donors (Lipinski definition) is 1. The van der Waals surface area contributed by atoms with E-state index in [4.69, 9.17) is 4.98 Å². The number of nitrogens with zero attached hydrogens (tertiary/aromatic N) is 4. The van der Waals surface area contributed by atoms with Crippen LogP contribution in [-0.4, -0.2) is 59.6 Å². The molecule has 1 aromatic carbocycles. The number of hydrogen-bond acceptors (Lipinski definition) is 6. The number of para-hydroxylation sites is 1. The van der Waals surface area contributed by atoms with Gasteiger partial charge in [-0.1, -0.05) is 24.6 Å². The van der Waals surface area contributed by atoms with Crippen LogP contribution in [0, 0.1) is 6.92 Å². The number of aryl methyl sites for hydroxylation is 2. The van der Waals surface area contributed by atoms with Crippen molar-refractivity contribution < 1.29 is 4.79 Å². The van der Waals surface area contributed by atoms with E-state index < -0.39 is 0 Å². The molecule has 1 saturated heterocycles. The van der Waals surface area contributed by atoms with Gasteiger partial charge in [0.05, 0.1) is 10.3 Å². The van der Waals surface area contributed by atoms with Crippen LogP contribution in [0.15, 0.2) is 35.1 Å².